The minimum absolute atomic E-state index is 0.206. The standard InChI is InChI=1S/C25H31N3O4S2/c1-5-32-14-13-27-22-15-18(3)19(4)16-23(22)33-25(27)26-24(29)21-7-6-12-28(21)34(30,31)20-10-8-17(2)9-11-20/h8-11,15-16,21H,5-7,12-14H2,1-4H3. The molecule has 182 valence electrons. The van der Waals surface area contributed by atoms with Crippen LogP contribution in [-0.2, 0) is 26.1 Å². The first-order chi connectivity index (χ1) is 16.2. The highest BCUT2D eigenvalue weighted by molar-refractivity contribution is 7.89. The average Bonchev–Trinajstić information content (AvgIpc) is 3.41. The lowest BCUT2D eigenvalue weighted by molar-refractivity contribution is -0.121. The molecule has 9 heteroatoms. The maximum atomic E-state index is 13.3. The number of benzene rings is 2. The summed E-state index contributed by atoms with van der Waals surface area (Å²) in [4.78, 5) is 18.6. The topological polar surface area (TPSA) is 81.0 Å². The molecule has 34 heavy (non-hydrogen) atoms. The van der Waals surface area contributed by atoms with Gasteiger partial charge in [0.15, 0.2) is 4.80 Å². The van der Waals surface area contributed by atoms with E-state index < -0.39 is 22.0 Å². The number of sulfonamides is 1. The van der Waals surface area contributed by atoms with Crippen LogP contribution in [0.3, 0.4) is 0 Å². The molecule has 0 spiro atoms. The van der Waals surface area contributed by atoms with Crippen LogP contribution in [-0.4, -0.2) is 49.0 Å². The highest BCUT2D eigenvalue weighted by Gasteiger charge is 2.39. The largest absolute Gasteiger partial charge is 0.380 e. The van der Waals surface area contributed by atoms with Crippen LogP contribution in [0.5, 0.6) is 0 Å². The van der Waals surface area contributed by atoms with Gasteiger partial charge in [-0.15, -0.1) is 0 Å². The number of nitrogens with zero attached hydrogens (tertiary/aromatic N) is 3. The Balaban J connectivity index is 1.71. The highest BCUT2D eigenvalue weighted by Crippen LogP contribution is 2.27. The quantitative estimate of drug-likeness (QED) is 0.459. The Hall–Kier alpha value is -2.33. The SMILES string of the molecule is CCOCCn1c(=NC(=O)C2CCCN2S(=O)(=O)c2ccc(C)cc2)sc2cc(C)c(C)cc21. The lowest BCUT2D eigenvalue weighted by Crippen LogP contribution is -2.40. The molecular formula is C25H31N3O4S2. The zero-order valence-corrected chi connectivity index (χ0v) is 21.7. The van der Waals surface area contributed by atoms with E-state index in [2.05, 4.69) is 31.0 Å². The van der Waals surface area contributed by atoms with Crippen molar-refractivity contribution in [3.63, 3.8) is 0 Å². The molecule has 4 rings (SSSR count). The molecule has 2 aromatic carbocycles. The predicted octanol–water partition coefficient (Wildman–Crippen LogP) is 3.95. The number of amides is 1. The first-order valence-electron chi connectivity index (χ1n) is 11.6. The summed E-state index contributed by atoms with van der Waals surface area (Å²) in [6.07, 6.45) is 1.10. The molecule has 1 aromatic heterocycles. The third kappa shape index (κ3) is 4.88. The molecule has 3 aromatic rings. The van der Waals surface area contributed by atoms with Crippen molar-refractivity contribution in [1.29, 1.82) is 0 Å². The summed E-state index contributed by atoms with van der Waals surface area (Å²) < 4.78 is 36.5. The summed E-state index contributed by atoms with van der Waals surface area (Å²) in [6.45, 7) is 9.99. The number of aryl methyl sites for hydroxylation is 3. The first-order valence-corrected chi connectivity index (χ1v) is 13.8. The zero-order valence-electron chi connectivity index (χ0n) is 20.1. The van der Waals surface area contributed by atoms with Gasteiger partial charge in [0.2, 0.25) is 10.0 Å². The summed E-state index contributed by atoms with van der Waals surface area (Å²) in [5, 5.41) is 0. The lowest BCUT2D eigenvalue weighted by atomic mass is 10.1. The molecule has 1 aliphatic rings. The van der Waals surface area contributed by atoms with E-state index in [1.165, 1.54) is 26.8 Å². The smallest absolute Gasteiger partial charge is 0.266 e. The van der Waals surface area contributed by atoms with Crippen molar-refractivity contribution >= 4 is 37.5 Å². The number of fused-ring (bicyclic) bond motifs is 1. The van der Waals surface area contributed by atoms with Gasteiger partial charge in [0, 0.05) is 19.7 Å². The Morgan fingerprint density at radius 3 is 2.56 bits per heavy atom. The van der Waals surface area contributed by atoms with Crippen LogP contribution < -0.4 is 4.80 Å². The Bertz CT molecular complexity index is 1370. The Morgan fingerprint density at radius 2 is 1.85 bits per heavy atom. The van der Waals surface area contributed by atoms with Crippen LogP contribution in [0, 0.1) is 20.8 Å². The fourth-order valence-electron chi connectivity index (χ4n) is 4.21. The van der Waals surface area contributed by atoms with Crippen LogP contribution in [0.1, 0.15) is 36.5 Å². The highest BCUT2D eigenvalue weighted by atomic mass is 32.2. The minimum atomic E-state index is -3.78. The molecule has 0 N–H and O–H groups in total. The molecule has 1 saturated heterocycles. The summed E-state index contributed by atoms with van der Waals surface area (Å²) in [6, 6.07) is 10.2. The van der Waals surface area contributed by atoms with Gasteiger partial charge in [0.1, 0.15) is 6.04 Å². The van der Waals surface area contributed by atoms with Gasteiger partial charge in [-0.1, -0.05) is 29.0 Å². The Labute approximate surface area is 204 Å². The zero-order chi connectivity index (χ0) is 24.5. The van der Waals surface area contributed by atoms with Crippen molar-refractivity contribution in [2.75, 3.05) is 19.8 Å². The third-order valence-electron chi connectivity index (χ3n) is 6.28. The molecule has 7 nitrogen and oxygen atoms in total. The number of ether oxygens (including phenoxy) is 1. The van der Waals surface area contributed by atoms with Crippen LogP contribution in [0.4, 0.5) is 0 Å². The average molecular weight is 502 g/mol. The van der Waals surface area contributed by atoms with Crippen LogP contribution in [0.25, 0.3) is 10.2 Å². The monoisotopic (exact) mass is 501 g/mol. The predicted molar refractivity (Wildman–Crippen MR) is 134 cm³/mol. The summed E-state index contributed by atoms with van der Waals surface area (Å²) >= 11 is 1.45. The van der Waals surface area contributed by atoms with E-state index >= 15 is 0 Å². The van der Waals surface area contributed by atoms with Gasteiger partial charge >= 0.3 is 0 Å². The number of carbonyl (C=O) groups excluding carboxylic acids is 1. The van der Waals surface area contributed by atoms with Crippen molar-refractivity contribution in [3.8, 4) is 0 Å². The number of carbonyl (C=O) groups is 1. The van der Waals surface area contributed by atoms with E-state index in [1.54, 1.807) is 24.3 Å². The maximum absolute atomic E-state index is 13.3. The summed E-state index contributed by atoms with van der Waals surface area (Å²) in [5.41, 5.74) is 4.33. The first kappa shape index (κ1) is 24.8. The van der Waals surface area contributed by atoms with Crippen molar-refractivity contribution in [2.24, 2.45) is 4.99 Å². The summed E-state index contributed by atoms with van der Waals surface area (Å²) in [7, 11) is -3.78. The molecule has 0 bridgehead atoms. The van der Waals surface area contributed by atoms with E-state index in [-0.39, 0.29) is 4.90 Å². The van der Waals surface area contributed by atoms with E-state index in [9.17, 15) is 13.2 Å². The molecule has 1 amide bonds. The van der Waals surface area contributed by atoms with Gasteiger partial charge < -0.3 is 9.30 Å². The molecule has 1 atom stereocenters. The number of hydrogen-bond acceptors (Lipinski definition) is 5. The van der Waals surface area contributed by atoms with Gasteiger partial charge in [0.25, 0.3) is 5.91 Å². The van der Waals surface area contributed by atoms with Crippen LogP contribution in [0.2, 0.25) is 0 Å². The van der Waals surface area contributed by atoms with Gasteiger partial charge in [-0.25, -0.2) is 8.42 Å². The molecule has 0 saturated carbocycles. The second-order valence-corrected chi connectivity index (χ2v) is 11.6. The van der Waals surface area contributed by atoms with Gasteiger partial charge in [-0.2, -0.15) is 9.30 Å². The molecule has 1 unspecified atom stereocenters. The Morgan fingerprint density at radius 1 is 1.15 bits per heavy atom. The molecular weight excluding hydrogens is 470 g/mol. The van der Waals surface area contributed by atoms with E-state index in [0.717, 1.165) is 15.8 Å². The van der Waals surface area contributed by atoms with E-state index in [1.807, 2.05) is 18.4 Å². The third-order valence-corrected chi connectivity index (χ3v) is 9.25. The van der Waals surface area contributed by atoms with Gasteiger partial charge in [-0.3, -0.25) is 4.79 Å². The molecule has 0 aliphatic carbocycles. The molecule has 1 fully saturated rings. The number of hydrogen-bond donors (Lipinski definition) is 0. The normalized spacial score (nSPS) is 17.6. The fraction of sp³-hybridized carbons (Fsp3) is 0.440. The number of thiazole rings is 1. The second kappa shape index (κ2) is 10.1. The van der Waals surface area contributed by atoms with Crippen LogP contribution in [0.15, 0.2) is 46.3 Å². The lowest BCUT2D eigenvalue weighted by Gasteiger charge is -2.21. The van der Waals surface area contributed by atoms with Gasteiger partial charge in [-0.05, 0) is 75.9 Å². The van der Waals surface area contributed by atoms with Crippen molar-refractivity contribution < 1.29 is 17.9 Å². The van der Waals surface area contributed by atoms with Crippen molar-refractivity contribution in [3.05, 3.63) is 57.9 Å². The number of aromatic nitrogens is 1. The van der Waals surface area contributed by atoms with Crippen LogP contribution >= 0.6 is 11.3 Å². The fourth-order valence-corrected chi connectivity index (χ4v) is 7.00. The summed E-state index contributed by atoms with van der Waals surface area (Å²) in [5.74, 6) is -0.418. The molecule has 0 radical (unpaired) electrons. The minimum Gasteiger partial charge on any atom is -0.380 e. The molecule has 1 aliphatic heterocycles. The van der Waals surface area contributed by atoms with Crippen molar-refractivity contribution in [1.82, 2.24) is 8.87 Å². The maximum Gasteiger partial charge on any atom is 0.266 e. The van der Waals surface area contributed by atoms with Gasteiger partial charge in [0.05, 0.1) is 21.7 Å². The Kier molecular flexibility index (Phi) is 7.37. The second-order valence-electron chi connectivity index (χ2n) is 8.67. The number of rotatable bonds is 7. The van der Waals surface area contributed by atoms with E-state index in [4.69, 9.17) is 4.74 Å². The molecule has 2 heterocycles. The van der Waals surface area contributed by atoms with Crippen molar-refractivity contribution in [2.45, 2.75) is 58.0 Å². The van der Waals surface area contributed by atoms with E-state index in [0.29, 0.717) is 43.9 Å².